The molecule has 9 nitrogen and oxygen atoms in total. The molecule has 0 saturated carbocycles. The Morgan fingerprint density at radius 2 is 1.10 bits per heavy atom. The van der Waals surface area contributed by atoms with Crippen molar-refractivity contribution >= 4 is 17.9 Å². The molecule has 0 aromatic heterocycles. The number of esters is 3. The fourth-order valence-electron chi connectivity index (χ4n) is 5.11. The smallest absolute Gasteiger partial charge is 0.303 e. The zero-order chi connectivity index (χ0) is 29.4. The number of rotatable bonds is 10. The van der Waals surface area contributed by atoms with E-state index >= 15 is 0 Å². The third-order valence-electron chi connectivity index (χ3n) is 6.73. The maximum Gasteiger partial charge on any atom is 0.303 e. The predicted molar refractivity (Wildman–Crippen MR) is 147 cm³/mol. The van der Waals surface area contributed by atoms with Gasteiger partial charge in [0.1, 0.15) is 24.4 Å². The van der Waals surface area contributed by atoms with E-state index in [4.69, 9.17) is 28.4 Å². The molecule has 1 unspecified atom stereocenters. The average molecular weight is 563 g/mol. The van der Waals surface area contributed by atoms with Gasteiger partial charge in [0.2, 0.25) is 0 Å². The first kappa shape index (κ1) is 29.9. The van der Waals surface area contributed by atoms with Gasteiger partial charge in [0.25, 0.3) is 0 Å². The van der Waals surface area contributed by atoms with Crippen LogP contribution in [0, 0.1) is 0 Å². The van der Waals surface area contributed by atoms with E-state index < -0.39 is 54.2 Å². The minimum atomic E-state index is -1.26. The van der Waals surface area contributed by atoms with Crippen LogP contribution in [0.25, 0.3) is 0 Å². The molecule has 1 saturated heterocycles. The number of carbonyl (C=O) groups excluding carboxylic acids is 3. The molecular formula is C32H34O9. The number of ether oxygens (including phenoxy) is 6. The Balaban J connectivity index is 1.96. The van der Waals surface area contributed by atoms with Gasteiger partial charge in [0.05, 0.1) is 0 Å². The van der Waals surface area contributed by atoms with Crippen LogP contribution in [0.1, 0.15) is 37.5 Å². The lowest BCUT2D eigenvalue weighted by Crippen LogP contribution is -2.64. The minimum absolute atomic E-state index is 0.237. The molecule has 1 fully saturated rings. The van der Waals surface area contributed by atoms with E-state index in [0.29, 0.717) is 0 Å². The molecule has 5 atom stereocenters. The van der Waals surface area contributed by atoms with Crippen molar-refractivity contribution in [1.29, 1.82) is 0 Å². The summed E-state index contributed by atoms with van der Waals surface area (Å²) in [5, 5.41) is 0. The van der Waals surface area contributed by atoms with Crippen LogP contribution in [0.2, 0.25) is 0 Å². The molecule has 0 spiro atoms. The van der Waals surface area contributed by atoms with Crippen molar-refractivity contribution in [3.63, 3.8) is 0 Å². The van der Waals surface area contributed by atoms with E-state index in [1.54, 1.807) is 0 Å². The maximum absolute atomic E-state index is 12.4. The number of benzene rings is 3. The average Bonchev–Trinajstić information content (AvgIpc) is 2.97. The summed E-state index contributed by atoms with van der Waals surface area (Å²) in [5.41, 5.74) is 1.08. The van der Waals surface area contributed by atoms with Gasteiger partial charge in [-0.15, -0.1) is 0 Å². The van der Waals surface area contributed by atoms with Gasteiger partial charge >= 0.3 is 17.9 Å². The van der Waals surface area contributed by atoms with Gasteiger partial charge < -0.3 is 28.4 Å². The molecule has 0 radical (unpaired) electrons. The fourth-order valence-corrected chi connectivity index (χ4v) is 5.11. The number of hydrogen-bond acceptors (Lipinski definition) is 9. The first-order valence-corrected chi connectivity index (χ1v) is 13.3. The highest BCUT2D eigenvalue weighted by Crippen LogP contribution is 2.44. The van der Waals surface area contributed by atoms with Gasteiger partial charge in [-0.05, 0) is 16.7 Å². The fraction of sp³-hybridized carbons (Fsp3) is 0.344. The van der Waals surface area contributed by atoms with Crippen LogP contribution in [0.4, 0.5) is 0 Å². The lowest BCUT2D eigenvalue weighted by atomic mass is 9.79. The topological polar surface area (TPSA) is 107 Å². The van der Waals surface area contributed by atoms with Crippen molar-refractivity contribution in [2.45, 2.75) is 57.1 Å². The Kier molecular flexibility index (Phi) is 9.88. The molecule has 3 aromatic carbocycles. The first-order valence-electron chi connectivity index (χ1n) is 13.3. The van der Waals surface area contributed by atoms with E-state index in [1.807, 2.05) is 91.0 Å². The summed E-state index contributed by atoms with van der Waals surface area (Å²) in [4.78, 5) is 36.5. The predicted octanol–water partition coefficient (Wildman–Crippen LogP) is 4.16. The molecule has 0 aliphatic carbocycles. The molecule has 1 heterocycles. The van der Waals surface area contributed by atoms with Crippen LogP contribution in [0.5, 0.6) is 0 Å². The SMILES string of the molecule is COC1O[C@H](COC(C)=O)[C@H](OC(c2ccccc2)(c2ccccc2)c2ccccc2)[C@H](OC(C)=O)[C@H]1OC(C)=O. The highest BCUT2D eigenvalue weighted by molar-refractivity contribution is 5.67. The van der Waals surface area contributed by atoms with Crippen molar-refractivity contribution in [1.82, 2.24) is 0 Å². The molecule has 4 rings (SSSR count). The lowest BCUT2D eigenvalue weighted by molar-refractivity contribution is -0.315. The van der Waals surface area contributed by atoms with E-state index in [0.717, 1.165) is 16.7 Å². The molecule has 216 valence electrons. The second-order valence-corrected chi connectivity index (χ2v) is 9.59. The summed E-state index contributed by atoms with van der Waals surface area (Å²) in [6, 6.07) is 28.7. The zero-order valence-corrected chi connectivity index (χ0v) is 23.4. The standard InChI is InChI=1S/C32H34O9/c1-21(33)37-20-27-28(29(38-22(2)34)30(39-23(3)35)31(36-4)40-27)41-32(24-14-8-5-9-15-24,25-16-10-6-11-17-25)26-18-12-7-13-19-26/h5-19,27-31H,20H2,1-4H3/t27-,28+,29+,30-,31?/m1/s1. The lowest BCUT2D eigenvalue weighted by Gasteiger charge is -2.48. The summed E-state index contributed by atoms with van der Waals surface area (Å²) < 4.78 is 35.6. The Hall–Kier alpha value is -4.05. The minimum Gasteiger partial charge on any atom is -0.463 e. The molecule has 3 aromatic rings. The van der Waals surface area contributed by atoms with Crippen molar-refractivity contribution in [3.05, 3.63) is 108 Å². The highest BCUT2D eigenvalue weighted by atomic mass is 16.7. The number of carbonyl (C=O) groups is 3. The summed E-state index contributed by atoms with van der Waals surface area (Å²) in [6.07, 6.45) is -5.58. The van der Waals surface area contributed by atoms with Crippen LogP contribution >= 0.6 is 0 Å². The van der Waals surface area contributed by atoms with Crippen LogP contribution in [-0.2, 0) is 48.4 Å². The summed E-state index contributed by atoms with van der Waals surface area (Å²) >= 11 is 0. The van der Waals surface area contributed by atoms with Crippen LogP contribution in [0.15, 0.2) is 91.0 Å². The highest BCUT2D eigenvalue weighted by Gasteiger charge is 2.54. The first-order chi connectivity index (χ1) is 19.8. The Morgan fingerprint density at radius 1 is 0.659 bits per heavy atom. The Morgan fingerprint density at radius 3 is 1.49 bits per heavy atom. The van der Waals surface area contributed by atoms with Gasteiger partial charge in [-0.1, -0.05) is 91.0 Å². The largest absolute Gasteiger partial charge is 0.463 e. The summed E-state index contributed by atoms with van der Waals surface area (Å²) in [7, 11) is 1.37. The summed E-state index contributed by atoms with van der Waals surface area (Å²) in [6.45, 7) is 3.53. The Labute approximate surface area is 239 Å². The van der Waals surface area contributed by atoms with Gasteiger partial charge in [-0.3, -0.25) is 14.4 Å². The normalized spacial score (nSPS) is 22.4. The van der Waals surface area contributed by atoms with Gasteiger partial charge in [-0.2, -0.15) is 0 Å². The van der Waals surface area contributed by atoms with Gasteiger partial charge in [-0.25, -0.2) is 0 Å². The molecule has 0 amide bonds. The van der Waals surface area contributed by atoms with E-state index in [-0.39, 0.29) is 6.61 Å². The zero-order valence-electron chi connectivity index (χ0n) is 23.4. The van der Waals surface area contributed by atoms with Crippen LogP contribution < -0.4 is 0 Å². The molecule has 0 bridgehead atoms. The number of hydrogen-bond donors (Lipinski definition) is 0. The molecule has 1 aliphatic rings. The van der Waals surface area contributed by atoms with E-state index in [9.17, 15) is 14.4 Å². The summed E-state index contributed by atoms with van der Waals surface area (Å²) in [5.74, 6) is -1.79. The molecular weight excluding hydrogens is 528 g/mol. The third-order valence-corrected chi connectivity index (χ3v) is 6.73. The Bertz CT molecular complexity index is 1200. The molecule has 41 heavy (non-hydrogen) atoms. The maximum atomic E-state index is 12.4. The van der Waals surface area contributed by atoms with Crippen LogP contribution in [0.3, 0.4) is 0 Å². The van der Waals surface area contributed by atoms with Crippen molar-refractivity contribution < 1.29 is 42.8 Å². The quantitative estimate of drug-likeness (QED) is 0.205. The van der Waals surface area contributed by atoms with Crippen molar-refractivity contribution in [2.24, 2.45) is 0 Å². The van der Waals surface area contributed by atoms with Crippen molar-refractivity contribution in [3.8, 4) is 0 Å². The second-order valence-electron chi connectivity index (χ2n) is 9.59. The molecule has 0 N–H and O–H groups in total. The second kappa shape index (κ2) is 13.5. The van der Waals surface area contributed by atoms with Gasteiger partial charge in [0, 0.05) is 27.9 Å². The van der Waals surface area contributed by atoms with E-state index in [2.05, 4.69) is 0 Å². The van der Waals surface area contributed by atoms with Crippen molar-refractivity contribution in [2.75, 3.05) is 13.7 Å². The molecule has 1 aliphatic heterocycles. The van der Waals surface area contributed by atoms with Gasteiger partial charge in [0.15, 0.2) is 18.5 Å². The monoisotopic (exact) mass is 562 g/mol. The third kappa shape index (κ3) is 6.82. The molecule has 9 heteroatoms. The van der Waals surface area contributed by atoms with E-state index in [1.165, 1.54) is 27.9 Å². The number of methoxy groups -OCH3 is 1. The van der Waals surface area contributed by atoms with Crippen LogP contribution in [-0.4, -0.2) is 62.3 Å².